The van der Waals surface area contributed by atoms with Crippen molar-refractivity contribution in [3.05, 3.63) is 18.0 Å². The maximum atomic E-state index is 13.5. The number of aliphatic hydroxyl groups is 1. The molecule has 1 atom stereocenters. The van der Waals surface area contributed by atoms with Crippen LogP contribution in [0.15, 0.2) is 12.3 Å². The van der Waals surface area contributed by atoms with Crippen molar-refractivity contribution in [1.29, 1.82) is 0 Å². The van der Waals surface area contributed by atoms with E-state index < -0.39 is 12.0 Å². The second kappa shape index (κ2) is 5.92. The summed E-state index contributed by atoms with van der Waals surface area (Å²) in [6.45, 7) is 0.520. The lowest BCUT2D eigenvalue weighted by atomic mass is 10.0. The number of alkyl halides is 2. The molecule has 2 N–H and O–H groups in total. The number of nitrogens with zero attached hydrogens (tertiary/aromatic N) is 3. The number of hydrogen-bond donors (Lipinski definition) is 2. The Labute approximate surface area is 127 Å². The van der Waals surface area contributed by atoms with E-state index in [9.17, 15) is 18.7 Å². The number of hydrogen-bond acceptors (Lipinski definition) is 4. The van der Waals surface area contributed by atoms with E-state index in [-0.39, 0.29) is 31.5 Å². The number of halogens is 2. The Morgan fingerprint density at radius 1 is 1.45 bits per heavy atom. The SMILES string of the molecule is O=C(c1ccn[nH]1)N1CCC(N2CC(F)(F)C[C@H]2CO)CC1. The van der Waals surface area contributed by atoms with Crippen molar-refractivity contribution < 1.29 is 18.7 Å². The van der Waals surface area contributed by atoms with Crippen molar-refractivity contribution in [1.82, 2.24) is 20.0 Å². The van der Waals surface area contributed by atoms with Crippen LogP contribution in [0.2, 0.25) is 0 Å². The van der Waals surface area contributed by atoms with E-state index in [1.807, 2.05) is 0 Å². The van der Waals surface area contributed by atoms with Crippen LogP contribution in [0.25, 0.3) is 0 Å². The maximum absolute atomic E-state index is 13.5. The van der Waals surface area contributed by atoms with Crippen molar-refractivity contribution in [2.45, 2.75) is 37.3 Å². The van der Waals surface area contributed by atoms with Gasteiger partial charge in [-0.2, -0.15) is 5.10 Å². The first-order valence-electron chi connectivity index (χ1n) is 7.53. The molecular formula is C14H20F2N4O2. The van der Waals surface area contributed by atoms with Crippen LogP contribution >= 0.6 is 0 Å². The standard InChI is InChI=1S/C14H20F2N4O2/c15-14(16)7-11(8-21)20(9-14)10-2-5-19(6-3-10)13(22)12-1-4-17-18-12/h1,4,10-11,21H,2-3,5-9H2,(H,17,18)/t11-/m0/s1. The largest absolute Gasteiger partial charge is 0.395 e. The molecule has 0 spiro atoms. The fourth-order valence-electron chi connectivity index (χ4n) is 3.47. The topological polar surface area (TPSA) is 72.5 Å². The Bertz CT molecular complexity index is 515. The molecule has 1 amide bonds. The summed E-state index contributed by atoms with van der Waals surface area (Å²) >= 11 is 0. The number of aliphatic hydroxyl groups excluding tert-OH is 1. The zero-order chi connectivity index (χ0) is 15.7. The highest BCUT2D eigenvalue weighted by Gasteiger charge is 2.47. The molecule has 1 aromatic heterocycles. The van der Waals surface area contributed by atoms with Crippen LogP contribution in [0.5, 0.6) is 0 Å². The van der Waals surface area contributed by atoms with Crippen LogP contribution in [0, 0.1) is 0 Å². The first-order valence-corrected chi connectivity index (χ1v) is 7.53. The lowest BCUT2D eigenvalue weighted by Gasteiger charge is -2.38. The molecule has 0 unspecified atom stereocenters. The van der Waals surface area contributed by atoms with Crippen molar-refractivity contribution in [2.75, 3.05) is 26.2 Å². The number of aromatic nitrogens is 2. The molecule has 3 heterocycles. The minimum absolute atomic E-state index is 0.00339. The van der Waals surface area contributed by atoms with Gasteiger partial charge in [0, 0.05) is 37.8 Å². The van der Waals surface area contributed by atoms with Crippen molar-refractivity contribution in [3.63, 3.8) is 0 Å². The van der Waals surface area contributed by atoms with E-state index in [1.54, 1.807) is 15.9 Å². The zero-order valence-corrected chi connectivity index (χ0v) is 12.2. The third-order valence-corrected chi connectivity index (χ3v) is 4.58. The molecule has 1 aromatic rings. The fraction of sp³-hybridized carbons (Fsp3) is 0.714. The molecule has 8 heteroatoms. The van der Waals surface area contributed by atoms with Crippen LogP contribution in [-0.2, 0) is 0 Å². The molecule has 2 fully saturated rings. The fourth-order valence-corrected chi connectivity index (χ4v) is 3.47. The number of rotatable bonds is 3. The quantitative estimate of drug-likeness (QED) is 0.862. The molecule has 122 valence electrons. The summed E-state index contributed by atoms with van der Waals surface area (Å²) in [7, 11) is 0. The average molecular weight is 314 g/mol. The lowest BCUT2D eigenvalue weighted by molar-refractivity contribution is 0.00294. The summed E-state index contributed by atoms with van der Waals surface area (Å²) < 4.78 is 27.1. The first kappa shape index (κ1) is 15.4. The van der Waals surface area contributed by atoms with Gasteiger partial charge in [0.1, 0.15) is 5.69 Å². The highest BCUT2D eigenvalue weighted by atomic mass is 19.3. The molecule has 0 bridgehead atoms. The average Bonchev–Trinajstić information content (AvgIpc) is 3.14. The molecule has 0 saturated carbocycles. The number of H-pyrrole nitrogens is 1. The predicted molar refractivity (Wildman–Crippen MR) is 74.7 cm³/mol. The summed E-state index contributed by atoms with van der Waals surface area (Å²) in [5, 5.41) is 15.7. The summed E-state index contributed by atoms with van der Waals surface area (Å²) in [5.74, 6) is -2.84. The summed E-state index contributed by atoms with van der Waals surface area (Å²) in [6, 6.07) is 1.14. The summed E-state index contributed by atoms with van der Waals surface area (Å²) in [6.07, 6.45) is 2.54. The van der Waals surface area contributed by atoms with Gasteiger partial charge in [-0.25, -0.2) is 8.78 Å². The number of carbonyl (C=O) groups is 1. The number of piperidine rings is 1. The zero-order valence-electron chi connectivity index (χ0n) is 12.2. The Kier molecular flexibility index (Phi) is 4.14. The highest BCUT2D eigenvalue weighted by molar-refractivity contribution is 5.92. The normalized spacial score (nSPS) is 26.5. The van der Waals surface area contributed by atoms with Crippen LogP contribution in [0.1, 0.15) is 29.8 Å². The second-order valence-electron chi connectivity index (χ2n) is 6.06. The smallest absolute Gasteiger partial charge is 0.271 e. The van der Waals surface area contributed by atoms with Gasteiger partial charge >= 0.3 is 0 Å². The number of amides is 1. The van der Waals surface area contributed by atoms with Gasteiger partial charge in [-0.05, 0) is 18.9 Å². The van der Waals surface area contributed by atoms with Crippen LogP contribution in [-0.4, -0.2) is 75.3 Å². The molecule has 2 aliphatic heterocycles. The van der Waals surface area contributed by atoms with Gasteiger partial charge < -0.3 is 10.0 Å². The minimum atomic E-state index is -2.73. The minimum Gasteiger partial charge on any atom is -0.395 e. The van der Waals surface area contributed by atoms with E-state index in [0.29, 0.717) is 31.6 Å². The highest BCUT2D eigenvalue weighted by Crippen LogP contribution is 2.35. The van der Waals surface area contributed by atoms with Gasteiger partial charge in [0.25, 0.3) is 11.8 Å². The molecule has 0 radical (unpaired) electrons. The number of carbonyl (C=O) groups excluding carboxylic acids is 1. The van der Waals surface area contributed by atoms with Gasteiger partial charge in [-0.1, -0.05) is 0 Å². The molecule has 6 nitrogen and oxygen atoms in total. The first-order chi connectivity index (χ1) is 10.5. The Hall–Kier alpha value is -1.54. The number of nitrogens with one attached hydrogen (secondary N) is 1. The molecule has 3 rings (SSSR count). The monoisotopic (exact) mass is 314 g/mol. The van der Waals surface area contributed by atoms with Gasteiger partial charge in [0.05, 0.1) is 13.2 Å². The van der Waals surface area contributed by atoms with Crippen LogP contribution in [0.4, 0.5) is 8.78 Å². The van der Waals surface area contributed by atoms with E-state index in [1.165, 1.54) is 6.20 Å². The van der Waals surface area contributed by atoms with Crippen LogP contribution in [0.3, 0.4) is 0 Å². The predicted octanol–water partition coefficient (Wildman–Crippen LogP) is 0.716. The second-order valence-corrected chi connectivity index (χ2v) is 6.06. The third kappa shape index (κ3) is 2.98. The molecule has 0 aromatic carbocycles. The molecule has 2 saturated heterocycles. The Morgan fingerprint density at radius 3 is 2.77 bits per heavy atom. The van der Waals surface area contributed by atoms with Gasteiger partial charge in [0.15, 0.2) is 0 Å². The lowest BCUT2D eigenvalue weighted by Crippen LogP contribution is -2.49. The molecule has 22 heavy (non-hydrogen) atoms. The van der Waals surface area contributed by atoms with Gasteiger partial charge in [0.2, 0.25) is 0 Å². The Balaban J connectivity index is 1.59. The third-order valence-electron chi connectivity index (χ3n) is 4.58. The molecular weight excluding hydrogens is 294 g/mol. The maximum Gasteiger partial charge on any atom is 0.271 e. The summed E-state index contributed by atoms with van der Waals surface area (Å²) in [5.41, 5.74) is 0.444. The number of aromatic amines is 1. The van der Waals surface area contributed by atoms with E-state index in [0.717, 1.165) is 0 Å². The van der Waals surface area contributed by atoms with E-state index >= 15 is 0 Å². The van der Waals surface area contributed by atoms with Crippen molar-refractivity contribution in [2.24, 2.45) is 0 Å². The Morgan fingerprint density at radius 2 is 2.18 bits per heavy atom. The number of likely N-dealkylation sites (tertiary alicyclic amines) is 2. The van der Waals surface area contributed by atoms with Gasteiger partial charge in [-0.3, -0.25) is 14.8 Å². The van der Waals surface area contributed by atoms with Crippen molar-refractivity contribution in [3.8, 4) is 0 Å². The van der Waals surface area contributed by atoms with Crippen molar-refractivity contribution >= 4 is 5.91 Å². The van der Waals surface area contributed by atoms with E-state index in [4.69, 9.17) is 0 Å². The van der Waals surface area contributed by atoms with Gasteiger partial charge in [-0.15, -0.1) is 0 Å². The molecule has 2 aliphatic rings. The van der Waals surface area contributed by atoms with Crippen LogP contribution < -0.4 is 0 Å². The summed E-state index contributed by atoms with van der Waals surface area (Å²) in [4.78, 5) is 15.6. The van der Waals surface area contributed by atoms with E-state index in [2.05, 4.69) is 10.2 Å². The molecule has 0 aliphatic carbocycles.